The second kappa shape index (κ2) is 13.9. The van der Waals surface area contributed by atoms with Gasteiger partial charge in [-0.15, -0.1) is 0 Å². The van der Waals surface area contributed by atoms with E-state index in [1.807, 2.05) is 18.5 Å². The van der Waals surface area contributed by atoms with Gasteiger partial charge in [-0.1, -0.05) is 182 Å². The molecule has 0 amide bonds. The lowest BCUT2D eigenvalue weighted by atomic mass is 9.67. The number of aryl methyl sites for hydroxylation is 1. The van der Waals surface area contributed by atoms with E-state index in [0.29, 0.717) is 5.82 Å². The monoisotopic (exact) mass is 715 g/mol. The lowest BCUT2D eigenvalue weighted by molar-refractivity contribution is 0.768. The Hall–Kier alpha value is -7.23. The summed E-state index contributed by atoms with van der Waals surface area (Å²) in [5.41, 5.74) is 17.4. The highest BCUT2D eigenvalue weighted by molar-refractivity contribution is 5.95. The van der Waals surface area contributed by atoms with E-state index in [9.17, 15) is 0 Å². The number of pyridine rings is 1. The molecule has 0 N–H and O–H groups in total. The maximum absolute atomic E-state index is 5.38. The lowest BCUT2D eigenvalue weighted by Gasteiger charge is -2.34. The van der Waals surface area contributed by atoms with Gasteiger partial charge in [0.15, 0.2) is 5.82 Å². The van der Waals surface area contributed by atoms with Gasteiger partial charge in [-0.2, -0.15) is 0 Å². The molecule has 0 bridgehead atoms. The molecular weight excluding hydrogens is 679 g/mol. The SMILES string of the molecule is Cc1cnccc1-c1ccc(C2(c3ccccc3)c3ccccc3-c3c(-c4nc(-c5ccccc5)cc(-c5ccc(-c6ccccc6)cc5)n4)cccc32)cc1. The molecule has 7 aromatic carbocycles. The zero-order valence-electron chi connectivity index (χ0n) is 31.0. The van der Waals surface area contributed by atoms with Gasteiger partial charge in [0.1, 0.15) is 0 Å². The van der Waals surface area contributed by atoms with Crippen LogP contribution in [0.15, 0.2) is 207 Å². The third kappa shape index (κ3) is 5.56. The molecule has 56 heavy (non-hydrogen) atoms. The van der Waals surface area contributed by atoms with E-state index in [1.54, 1.807) is 0 Å². The summed E-state index contributed by atoms with van der Waals surface area (Å²) < 4.78 is 0. The van der Waals surface area contributed by atoms with E-state index in [4.69, 9.17) is 9.97 Å². The molecule has 2 heterocycles. The zero-order chi connectivity index (χ0) is 37.5. The summed E-state index contributed by atoms with van der Waals surface area (Å²) in [5, 5.41) is 0. The predicted molar refractivity (Wildman–Crippen MR) is 229 cm³/mol. The number of rotatable bonds is 7. The van der Waals surface area contributed by atoms with Gasteiger partial charge in [0.2, 0.25) is 0 Å². The van der Waals surface area contributed by atoms with Gasteiger partial charge in [0.25, 0.3) is 0 Å². The number of hydrogen-bond acceptors (Lipinski definition) is 3. The Morgan fingerprint density at radius 1 is 0.393 bits per heavy atom. The molecule has 0 saturated carbocycles. The average Bonchev–Trinajstić information content (AvgIpc) is 3.59. The molecule has 10 rings (SSSR count). The van der Waals surface area contributed by atoms with Crippen molar-refractivity contribution >= 4 is 0 Å². The number of nitrogens with zero attached hydrogens (tertiary/aromatic N) is 3. The molecule has 0 spiro atoms. The summed E-state index contributed by atoms with van der Waals surface area (Å²) >= 11 is 0. The zero-order valence-corrected chi connectivity index (χ0v) is 31.0. The number of fused-ring (bicyclic) bond motifs is 3. The smallest absolute Gasteiger partial charge is 0.161 e. The Morgan fingerprint density at radius 2 is 0.911 bits per heavy atom. The van der Waals surface area contributed by atoms with Crippen molar-refractivity contribution in [1.29, 1.82) is 0 Å². The first kappa shape index (κ1) is 33.3. The van der Waals surface area contributed by atoms with Crippen LogP contribution < -0.4 is 0 Å². The minimum absolute atomic E-state index is 0.567. The highest BCUT2D eigenvalue weighted by Gasteiger charge is 2.47. The topological polar surface area (TPSA) is 38.7 Å². The van der Waals surface area contributed by atoms with E-state index in [0.717, 1.165) is 39.2 Å². The molecule has 1 aliphatic rings. The van der Waals surface area contributed by atoms with Crippen LogP contribution in [0.2, 0.25) is 0 Å². The summed E-state index contributed by atoms with van der Waals surface area (Å²) in [6.45, 7) is 2.12. The summed E-state index contributed by atoms with van der Waals surface area (Å²) in [6.07, 6.45) is 3.80. The normalized spacial score (nSPS) is 14.2. The third-order valence-corrected chi connectivity index (χ3v) is 11.2. The summed E-state index contributed by atoms with van der Waals surface area (Å²) in [4.78, 5) is 15.1. The Labute approximate surface area is 327 Å². The van der Waals surface area contributed by atoms with Crippen molar-refractivity contribution in [2.75, 3.05) is 0 Å². The van der Waals surface area contributed by atoms with Gasteiger partial charge in [0, 0.05) is 29.1 Å². The first-order valence-electron chi connectivity index (χ1n) is 19.1. The van der Waals surface area contributed by atoms with Crippen molar-refractivity contribution in [2.24, 2.45) is 0 Å². The van der Waals surface area contributed by atoms with Crippen molar-refractivity contribution in [3.05, 3.63) is 234 Å². The largest absolute Gasteiger partial charge is 0.264 e. The van der Waals surface area contributed by atoms with Gasteiger partial charge < -0.3 is 0 Å². The molecule has 264 valence electrons. The molecule has 1 unspecified atom stereocenters. The van der Waals surface area contributed by atoms with Gasteiger partial charge in [0.05, 0.1) is 16.8 Å². The number of aromatic nitrogens is 3. The van der Waals surface area contributed by atoms with E-state index >= 15 is 0 Å². The highest BCUT2D eigenvalue weighted by Crippen LogP contribution is 2.58. The molecule has 0 saturated heterocycles. The van der Waals surface area contributed by atoms with E-state index in [2.05, 4.69) is 200 Å². The molecule has 3 nitrogen and oxygen atoms in total. The van der Waals surface area contributed by atoms with E-state index in [-0.39, 0.29) is 0 Å². The minimum atomic E-state index is -0.567. The summed E-state index contributed by atoms with van der Waals surface area (Å²) in [6, 6.07) is 69.5. The predicted octanol–water partition coefficient (Wildman–Crippen LogP) is 12.9. The van der Waals surface area contributed by atoms with Crippen molar-refractivity contribution in [1.82, 2.24) is 15.0 Å². The molecule has 2 aromatic heterocycles. The number of benzene rings is 7. The average molecular weight is 716 g/mol. The second-order valence-corrected chi connectivity index (χ2v) is 14.4. The Kier molecular flexibility index (Phi) is 8.26. The van der Waals surface area contributed by atoms with Crippen LogP contribution in [0.4, 0.5) is 0 Å². The van der Waals surface area contributed by atoms with Gasteiger partial charge >= 0.3 is 0 Å². The van der Waals surface area contributed by atoms with E-state index in [1.165, 1.54) is 50.1 Å². The molecule has 0 radical (unpaired) electrons. The van der Waals surface area contributed by atoms with Crippen molar-refractivity contribution in [3.63, 3.8) is 0 Å². The van der Waals surface area contributed by atoms with Crippen molar-refractivity contribution < 1.29 is 0 Å². The van der Waals surface area contributed by atoms with Crippen molar-refractivity contribution in [3.8, 4) is 67.3 Å². The van der Waals surface area contributed by atoms with Crippen LogP contribution in [-0.2, 0) is 5.41 Å². The molecule has 1 atom stereocenters. The fraction of sp³-hybridized carbons (Fsp3) is 0.0377. The molecule has 0 aliphatic heterocycles. The van der Waals surface area contributed by atoms with Crippen LogP contribution in [0, 0.1) is 6.92 Å². The quantitative estimate of drug-likeness (QED) is 0.165. The van der Waals surface area contributed by atoms with Gasteiger partial charge in [-0.25, -0.2) is 9.97 Å². The standard InChI is InChI=1S/C53H37N3/c1-36-35-54-33-32-44(36)39-28-30-43(31-29-39)53(42-18-9-4-10-19-42)47-22-12-11-20-45(47)51-46(21-13-23-48(51)53)52-55-49(40-16-7-3-8-17-40)34-50(56-52)41-26-24-38(25-27-41)37-14-5-2-6-15-37/h2-35H,1H3. The van der Waals surface area contributed by atoms with Gasteiger partial charge in [-0.05, 0) is 80.3 Å². The maximum atomic E-state index is 5.38. The maximum Gasteiger partial charge on any atom is 0.161 e. The molecule has 3 heteroatoms. The van der Waals surface area contributed by atoms with Crippen LogP contribution in [0.3, 0.4) is 0 Å². The molecule has 0 fully saturated rings. The van der Waals surface area contributed by atoms with Crippen molar-refractivity contribution in [2.45, 2.75) is 12.3 Å². The Morgan fingerprint density at radius 3 is 1.61 bits per heavy atom. The molecule has 1 aliphatic carbocycles. The van der Waals surface area contributed by atoms with Crippen LogP contribution in [0.1, 0.15) is 27.8 Å². The highest BCUT2D eigenvalue weighted by atomic mass is 14.9. The summed E-state index contributed by atoms with van der Waals surface area (Å²) in [5.74, 6) is 0.701. The first-order chi connectivity index (χ1) is 27.7. The number of hydrogen-bond donors (Lipinski definition) is 0. The van der Waals surface area contributed by atoms with Crippen LogP contribution in [-0.4, -0.2) is 15.0 Å². The van der Waals surface area contributed by atoms with Crippen LogP contribution in [0.25, 0.3) is 67.3 Å². The lowest BCUT2D eigenvalue weighted by Crippen LogP contribution is -2.28. The Bertz CT molecular complexity index is 2830. The summed E-state index contributed by atoms with van der Waals surface area (Å²) in [7, 11) is 0. The molecule has 9 aromatic rings. The van der Waals surface area contributed by atoms with Crippen LogP contribution in [0.5, 0.6) is 0 Å². The minimum Gasteiger partial charge on any atom is -0.264 e. The molecular formula is C53H37N3. The third-order valence-electron chi connectivity index (χ3n) is 11.2. The fourth-order valence-corrected chi connectivity index (χ4v) is 8.62. The first-order valence-corrected chi connectivity index (χ1v) is 19.1. The second-order valence-electron chi connectivity index (χ2n) is 14.4. The Balaban J connectivity index is 1.19. The van der Waals surface area contributed by atoms with Gasteiger partial charge in [-0.3, -0.25) is 4.98 Å². The van der Waals surface area contributed by atoms with E-state index < -0.39 is 5.41 Å². The fourth-order valence-electron chi connectivity index (χ4n) is 8.62. The van der Waals surface area contributed by atoms with Crippen LogP contribution >= 0.6 is 0 Å².